The second-order valence-corrected chi connectivity index (χ2v) is 5.45. The van der Waals surface area contributed by atoms with Crippen molar-refractivity contribution in [2.45, 2.75) is 26.9 Å². The summed E-state index contributed by atoms with van der Waals surface area (Å²) in [7, 11) is 0. The van der Waals surface area contributed by atoms with Gasteiger partial charge < -0.3 is 14.8 Å². The van der Waals surface area contributed by atoms with Gasteiger partial charge in [-0.1, -0.05) is 6.07 Å². The fourth-order valence-corrected chi connectivity index (χ4v) is 2.43. The van der Waals surface area contributed by atoms with Gasteiger partial charge >= 0.3 is 0 Å². The zero-order valence-electron chi connectivity index (χ0n) is 13.4. The topological polar surface area (TPSA) is 73.3 Å². The van der Waals surface area contributed by atoms with Gasteiger partial charge in [-0.15, -0.1) is 0 Å². The highest BCUT2D eigenvalue weighted by Gasteiger charge is 2.08. The number of nitrogens with one attached hydrogen (secondary N) is 1. The first kappa shape index (κ1) is 17.4. The molecule has 0 aliphatic rings. The average Bonchev–Trinajstić information content (AvgIpc) is 2.98. The van der Waals surface area contributed by atoms with E-state index in [0.717, 1.165) is 17.8 Å². The molecule has 0 atom stereocenters. The SMILES string of the molecule is CCOCCCNC(=O)c1cccc(OCc2nsnc2C)c1. The maximum Gasteiger partial charge on any atom is 0.251 e. The zero-order chi connectivity index (χ0) is 16.5. The third-order valence-corrected chi connectivity index (χ3v) is 3.83. The van der Waals surface area contributed by atoms with Crippen molar-refractivity contribution in [3.05, 3.63) is 41.2 Å². The summed E-state index contributed by atoms with van der Waals surface area (Å²) in [5, 5.41) is 2.87. The summed E-state index contributed by atoms with van der Waals surface area (Å²) in [6.07, 6.45) is 0.797. The lowest BCUT2D eigenvalue weighted by atomic mass is 10.2. The Balaban J connectivity index is 1.84. The molecule has 1 N–H and O–H groups in total. The van der Waals surface area contributed by atoms with Crippen LogP contribution in [0.5, 0.6) is 5.75 Å². The molecule has 0 aliphatic heterocycles. The second kappa shape index (κ2) is 9.22. The third kappa shape index (κ3) is 5.61. The molecule has 0 bridgehead atoms. The van der Waals surface area contributed by atoms with Crippen LogP contribution in [0.1, 0.15) is 35.1 Å². The molecule has 0 saturated heterocycles. The number of carbonyl (C=O) groups excluding carboxylic acids is 1. The Hall–Kier alpha value is -1.99. The van der Waals surface area contributed by atoms with E-state index in [1.165, 1.54) is 11.7 Å². The zero-order valence-corrected chi connectivity index (χ0v) is 14.2. The average molecular weight is 335 g/mol. The fourth-order valence-electron chi connectivity index (χ4n) is 1.88. The summed E-state index contributed by atoms with van der Waals surface area (Å²) in [6, 6.07) is 7.12. The summed E-state index contributed by atoms with van der Waals surface area (Å²) >= 11 is 1.17. The number of benzene rings is 1. The Morgan fingerprint density at radius 1 is 1.35 bits per heavy atom. The molecule has 0 radical (unpaired) electrons. The van der Waals surface area contributed by atoms with Gasteiger partial charge in [-0.05, 0) is 38.5 Å². The number of amides is 1. The fraction of sp³-hybridized carbons (Fsp3) is 0.438. The van der Waals surface area contributed by atoms with E-state index in [-0.39, 0.29) is 5.91 Å². The van der Waals surface area contributed by atoms with Crippen molar-refractivity contribution in [1.29, 1.82) is 0 Å². The van der Waals surface area contributed by atoms with Crippen LogP contribution in [0.25, 0.3) is 0 Å². The number of nitrogens with zero attached hydrogens (tertiary/aromatic N) is 2. The van der Waals surface area contributed by atoms with Crippen LogP contribution in [0, 0.1) is 6.92 Å². The molecule has 0 fully saturated rings. The van der Waals surface area contributed by atoms with Gasteiger partial charge in [-0.2, -0.15) is 8.75 Å². The molecule has 1 aromatic carbocycles. The highest BCUT2D eigenvalue weighted by atomic mass is 32.1. The van der Waals surface area contributed by atoms with Gasteiger partial charge in [0.2, 0.25) is 0 Å². The van der Waals surface area contributed by atoms with Crippen LogP contribution in [0.4, 0.5) is 0 Å². The van der Waals surface area contributed by atoms with Crippen molar-refractivity contribution in [3.63, 3.8) is 0 Å². The van der Waals surface area contributed by atoms with Gasteiger partial charge in [0.15, 0.2) is 0 Å². The van der Waals surface area contributed by atoms with Crippen molar-refractivity contribution >= 4 is 17.6 Å². The maximum atomic E-state index is 12.1. The van der Waals surface area contributed by atoms with E-state index in [0.29, 0.717) is 37.7 Å². The smallest absolute Gasteiger partial charge is 0.251 e. The van der Waals surface area contributed by atoms with E-state index < -0.39 is 0 Å². The Morgan fingerprint density at radius 3 is 2.96 bits per heavy atom. The molecule has 0 spiro atoms. The Labute approximate surface area is 140 Å². The summed E-state index contributed by atoms with van der Waals surface area (Å²) in [5.41, 5.74) is 2.27. The molecule has 124 valence electrons. The second-order valence-electron chi connectivity index (χ2n) is 4.92. The Bertz CT molecular complexity index is 631. The van der Waals surface area contributed by atoms with Gasteiger partial charge in [0.1, 0.15) is 18.1 Å². The van der Waals surface area contributed by atoms with Crippen molar-refractivity contribution in [2.75, 3.05) is 19.8 Å². The molecule has 2 aromatic rings. The van der Waals surface area contributed by atoms with E-state index in [4.69, 9.17) is 9.47 Å². The molecule has 0 saturated carbocycles. The Morgan fingerprint density at radius 2 is 2.22 bits per heavy atom. The predicted molar refractivity (Wildman–Crippen MR) is 88.9 cm³/mol. The molecule has 1 amide bonds. The monoisotopic (exact) mass is 335 g/mol. The van der Waals surface area contributed by atoms with Crippen LogP contribution in [-0.2, 0) is 11.3 Å². The minimum absolute atomic E-state index is 0.113. The highest BCUT2D eigenvalue weighted by molar-refractivity contribution is 6.99. The number of hydrogen-bond donors (Lipinski definition) is 1. The highest BCUT2D eigenvalue weighted by Crippen LogP contribution is 2.16. The summed E-state index contributed by atoms with van der Waals surface area (Å²) in [5.74, 6) is 0.526. The lowest BCUT2D eigenvalue weighted by Gasteiger charge is -2.08. The van der Waals surface area contributed by atoms with Crippen molar-refractivity contribution in [1.82, 2.24) is 14.1 Å². The molecule has 1 heterocycles. The van der Waals surface area contributed by atoms with E-state index in [2.05, 4.69) is 14.1 Å². The molecule has 0 aliphatic carbocycles. The summed E-state index contributed by atoms with van der Waals surface area (Å²) < 4.78 is 19.2. The normalized spacial score (nSPS) is 10.5. The number of ether oxygens (including phenoxy) is 2. The molecular formula is C16H21N3O3S. The molecule has 23 heavy (non-hydrogen) atoms. The van der Waals surface area contributed by atoms with Gasteiger partial charge in [0.05, 0.1) is 17.4 Å². The van der Waals surface area contributed by atoms with Gasteiger partial charge in [0, 0.05) is 25.3 Å². The number of aryl methyl sites for hydroxylation is 1. The van der Waals surface area contributed by atoms with Crippen LogP contribution in [0.2, 0.25) is 0 Å². The quantitative estimate of drug-likeness (QED) is 0.713. The first-order valence-corrected chi connectivity index (χ1v) is 8.30. The van der Waals surface area contributed by atoms with Crippen molar-refractivity contribution in [2.24, 2.45) is 0 Å². The number of aromatic nitrogens is 2. The number of rotatable bonds is 9. The number of hydrogen-bond acceptors (Lipinski definition) is 6. The minimum atomic E-state index is -0.113. The van der Waals surface area contributed by atoms with Crippen LogP contribution < -0.4 is 10.1 Å². The lowest BCUT2D eigenvalue weighted by molar-refractivity contribution is 0.0943. The summed E-state index contributed by atoms with van der Waals surface area (Å²) in [4.78, 5) is 12.1. The van der Waals surface area contributed by atoms with E-state index in [1.54, 1.807) is 18.2 Å². The molecule has 6 nitrogen and oxygen atoms in total. The van der Waals surface area contributed by atoms with Gasteiger partial charge in [-0.25, -0.2) is 0 Å². The van der Waals surface area contributed by atoms with E-state index in [9.17, 15) is 4.79 Å². The Kier molecular flexibility index (Phi) is 6.96. The van der Waals surface area contributed by atoms with Crippen molar-refractivity contribution in [3.8, 4) is 5.75 Å². The van der Waals surface area contributed by atoms with E-state index >= 15 is 0 Å². The first-order valence-electron chi connectivity index (χ1n) is 7.57. The molecule has 7 heteroatoms. The van der Waals surface area contributed by atoms with Gasteiger partial charge in [0.25, 0.3) is 5.91 Å². The first-order chi connectivity index (χ1) is 11.2. The van der Waals surface area contributed by atoms with Crippen LogP contribution in [-0.4, -0.2) is 34.4 Å². The predicted octanol–water partition coefficient (Wildman–Crippen LogP) is 2.58. The summed E-state index contributed by atoms with van der Waals surface area (Å²) in [6.45, 7) is 6.14. The number of carbonyl (C=O) groups is 1. The van der Waals surface area contributed by atoms with Crippen LogP contribution in [0.3, 0.4) is 0 Å². The largest absolute Gasteiger partial charge is 0.487 e. The van der Waals surface area contributed by atoms with E-state index in [1.807, 2.05) is 19.9 Å². The van der Waals surface area contributed by atoms with Gasteiger partial charge in [-0.3, -0.25) is 4.79 Å². The minimum Gasteiger partial charge on any atom is -0.487 e. The molecular weight excluding hydrogens is 314 g/mol. The maximum absolute atomic E-state index is 12.1. The lowest BCUT2D eigenvalue weighted by Crippen LogP contribution is -2.25. The standard InChI is InChI=1S/C16H21N3O3S/c1-3-21-9-5-8-17-16(20)13-6-4-7-14(10-13)22-11-15-12(2)18-23-19-15/h4,6-7,10H,3,5,8-9,11H2,1-2H3,(H,17,20). The molecule has 0 unspecified atom stereocenters. The van der Waals surface area contributed by atoms with Crippen LogP contribution >= 0.6 is 11.7 Å². The molecule has 1 aromatic heterocycles. The third-order valence-electron chi connectivity index (χ3n) is 3.17. The van der Waals surface area contributed by atoms with Crippen molar-refractivity contribution < 1.29 is 14.3 Å². The molecule has 2 rings (SSSR count). The van der Waals surface area contributed by atoms with Crippen LogP contribution in [0.15, 0.2) is 24.3 Å².